The van der Waals surface area contributed by atoms with Gasteiger partial charge in [-0.15, -0.1) is 0 Å². The second-order valence-corrected chi connectivity index (χ2v) is 8.01. The Morgan fingerprint density at radius 3 is 2.83 bits per heavy atom. The summed E-state index contributed by atoms with van der Waals surface area (Å²) in [5.41, 5.74) is 2.53. The lowest BCUT2D eigenvalue weighted by molar-refractivity contribution is -0.455. The Morgan fingerprint density at radius 2 is 2.09 bits per heavy atom. The normalized spacial score (nSPS) is 28.3. The van der Waals surface area contributed by atoms with Crippen molar-refractivity contribution in [3.8, 4) is 0 Å². The molecule has 120 valence electrons. The van der Waals surface area contributed by atoms with Crippen LogP contribution in [0.2, 0.25) is 5.02 Å². The van der Waals surface area contributed by atoms with Gasteiger partial charge in [-0.3, -0.25) is 4.79 Å². The van der Waals surface area contributed by atoms with Crippen LogP contribution in [-0.2, 0) is 10.2 Å². The predicted octanol–water partition coefficient (Wildman–Crippen LogP) is 3.27. The number of carbonyl (C=O) groups is 1. The van der Waals surface area contributed by atoms with E-state index in [2.05, 4.69) is 19.9 Å². The summed E-state index contributed by atoms with van der Waals surface area (Å²) in [6.45, 7) is 4.46. The number of allylic oxidation sites excluding steroid dienone is 1. The summed E-state index contributed by atoms with van der Waals surface area (Å²) >= 11 is 6.19. The van der Waals surface area contributed by atoms with Crippen molar-refractivity contribution in [1.82, 2.24) is 0 Å². The fraction of sp³-hybridized carbons (Fsp3) is 0.444. The largest absolute Gasteiger partial charge is 0.624 e. The first-order chi connectivity index (χ1) is 10.8. The Bertz CT molecular complexity index is 809. The molecule has 1 aliphatic carbocycles. The summed E-state index contributed by atoms with van der Waals surface area (Å²) in [5, 5.41) is 13.2. The lowest BCUT2D eigenvalue weighted by Gasteiger charge is -2.29. The molecule has 1 amide bonds. The third kappa shape index (κ3) is 1.78. The summed E-state index contributed by atoms with van der Waals surface area (Å²) in [4.78, 5) is 14.8. The van der Waals surface area contributed by atoms with Crippen LogP contribution >= 0.6 is 11.6 Å². The van der Waals surface area contributed by atoms with Gasteiger partial charge in [0.15, 0.2) is 17.7 Å². The molecular weight excluding hydrogens is 312 g/mol. The highest BCUT2D eigenvalue weighted by atomic mass is 35.5. The monoisotopic (exact) mass is 330 g/mol. The van der Waals surface area contributed by atoms with Crippen LogP contribution in [0.4, 0.5) is 5.69 Å². The molecule has 1 aromatic rings. The number of hydroxylamine groups is 1. The van der Waals surface area contributed by atoms with Crippen LogP contribution in [0.1, 0.15) is 32.3 Å². The van der Waals surface area contributed by atoms with Gasteiger partial charge in [-0.05, 0) is 30.0 Å². The molecule has 0 bridgehead atoms. The van der Waals surface area contributed by atoms with E-state index in [4.69, 9.17) is 11.6 Å². The van der Waals surface area contributed by atoms with Crippen LogP contribution in [0.25, 0.3) is 0 Å². The molecule has 4 rings (SSSR count). The molecule has 0 N–H and O–H groups in total. The standard InChI is InChI=1S/C18H19ClN2O2/c1-17(2)7-6-12-15(9-17)21(23)10-18(12)13-8-11(19)4-5-14(13)20(3)16(18)22/h4-6,8H,7,9-10H2,1-3H3. The van der Waals surface area contributed by atoms with E-state index >= 15 is 0 Å². The molecule has 0 aromatic heterocycles. The van der Waals surface area contributed by atoms with E-state index in [0.717, 1.165) is 33.7 Å². The third-order valence-corrected chi connectivity index (χ3v) is 5.64. The molecule has 0 radical (unpaired) electrons. The van der Waals surface area contributed by atoms with Crippen molar-refractivity contribution >= 4 is 28.9 Å². The van der Waals surface area contributed by atoms with E-state index in [1.807, 2.05) is 12.1 Å². The first-order valence-electron chi connectivity index (χ1n) is 7.86. The van der Waals surface area contributed by atoms with Crippen LogP contribution in [0.5, 0.6) is 0 Å². The van der Waals surface area contributed by atoms with Gasteiger partial charge in [-0.2, -0.15) is 0 Å². The fourth-order valence-corrected chi connectivity index (χ4v) is 4.39. The molecular formula is C18H19ClN2O2. The highest BCUT2D eigenvalue weighted by molar-refractivity contribution is 6.31. The zero-order chi connectivity index (χ0) is 16.6. The Labute approximate surface area is 140 Å². The summed E-state index contributed by atoms with van der Waals surface area (Å²) in [5.74, 6) is -0.0310. The number of rotatable bonds is 0. The quantitative estimate of drug-likeness (QED) is 0.541. The molecule has 0 saturated heterocycles. The molecule has 1 unspecified atom stereocenters. The molecule has 5 heteroatoms. The van der Waals surface area contributed by atoms with Gasteiger partial charge in [0.1, 0.15) is 0 Å². The number of halogens is 1. The Morgan fingerprint density at radius 1 is 1.35 bits per heavy atom. The SMILES string of the molecule is CN1C(=O)C2(C[N+]([O-])=C3CC(C)(C)CC=C32)c2cc(Cl)ccc21. The van der Waals surface area contributed by atoms with Crippen molar-refractivity contribution < 1.29 is 9.53 Å². The number of hydrogen-bond donors (Lipinski definition) is 0. The van der Waals surface area contributed by atoms with Crippen molar-refractivity contribution in [2.75, 3.05) is 18.5 Å². The smallest absolute Gasteiger partial charge is 0.248 e. The van der Waals surface area contributed by atoms with Gasteiger partial charge in [0.05, 0.1) is 0 Å². The minimum absolute atomic E-state index is 0.0310. The predicted molar refractivity (Wildman–Crippen MR) is 91.1 cm³/mol. The van der Waals surface area contributed by atoms with Crippen molar-refractivity contribution in [2.24, 2.45) is 5.41 Å². The number of likely N-dealkylation sites (N-methyl/N-ethyl adjacent to an activating group) is 1. The molecule has 2 aliphatic heterocycles. The molecule has 1 aromatic carbocycles. The number of nitrogens with zero attached hydrogens (tertiary/aromatic N) is 2. The van der Waals surface area contributed by atoms with Gasteiger partial charge in [0.2, 0.25) is 5.91 Å². The lowest BCUT2D eigenvalue weighted by Crippen LogP contribution is -2.43. The van der Waals surface area contributed by atoms with Gasteiger partial charge in [0.25, 0.3) is 0 Å². The molecule has 2 heterocycles. The molecule has 0 fully saturated rings. The van der Waals surface area contributed by atoms with Crippen LogP contribution < -0.4 is 4.90 Å². The number of fused-ring (bicyclic) bond motifs is 4. The molecule has 1 atom stereocenters. The fourth-order valence-electron chi connectivity index (χ4n) is 4.22. The zero-order valence-electron chi connectivity index (χ0n) is 13.5. The average molecular weight is 331 g/mol. The summed E-state index contributed by atoms with van der Waals surface area (Å²) in [7, 11) is 1.77. The van der Waals surface area contributed by atoms with E-state index in [1.54, 1.807) is 18.0 Å². The maximum Gasteiger partial charge on any atom is 0.248 e. The second-order valence-electron chi connectivity index (χ2n) is 7.58. The van der Waals surface area contributed by atoms with Crippen molar-refractivity contribution in [2.45, 2.75) is 32.1 Å². The first-order valence-corrected chi connectivity index (χ1v) is 8.24. The van der Waals surface area contributed by atoms with E-state index in [9.17, 15) is 10.0 Å². The number of carbonyl (C=O) groups excluding carboxylic acids is 1. The van der Waals surface area contributed by atoms with Crippen molar-refractivity contribution in [3.05, 3.63) is 45.6 Å². The molecule has 23 heavy (non-hydrogen) atoms. The first kappa shape index (κ1) is 14.8. The Balaban J connectivity index is 1.96. The second kappa shape index (κ2) is 4.38. The van der Waals surface area contributed by atoms with E-state index in [1.165, 1.54) is 0 Å². The highest BCUT2D eigenvalue weighted by Crippen LogP contribution is 2.52. The number of hydrogen-bond acceptors (Lipinski definition) is 2. The molecule has 3 aliphatic rings. The third-order valence-electron chi connectivity index (χ3n) is 5.41. The maximum absolute atomic E-state index is 13.1. The summed E-state index contributed by atoms with van der Waals surface area (Å²) < 4.78 is 1.02. The number of benzene rings is 1. The summed E-state index contributed by atoms with van der Waals surface area (Å²) in [6.07, 6.45) is 3.67. The van der Waals surface area contributed by atoms with Gasteiger partial charge < -0.3 is 10.1 Å². The van der Waals surface area contributed by atoms with Crippen LogP contribution in [-0.4, -0.2) is 30.0 Å². The lowest BCUT2D eigenvalue weighted by atomic mass is 9.68. The molecule has 1 spiro atoms. The summed E-state index contributed by atoms with van der Waals surface area (Å²) in [6, 6.07) is 5.50. The van der Waals surface area contributed by atoms with Crippen molar-refractivity contribution in [1.29, 1.82) is 0 Å². The van der Waals surface area contributed by atoms with Gasteiger partial charge in [-0.1, -0.05) is 31.5 Å². The van der Waals surface area contributed by atoms with Gasteiger partial charge >= 0.3 is 0 Å². The maximum atomic E-state index is 13.1. The Kier molecular flexibility index (Phi) is 2.81. The minimum atomic E-state index is -0.886. The van der Waals surface area contributed by atoms with E-state index < -0.39 is 5.41 Å². The van der Waals surface area contributed by atoms with Crippen LogP contribution in [0.15, 0.2) is 29.8 Å². The topological polar surface area (TPSA) is 46.4 Å². The van der Waals surface area contributed by atoms with E-state index in [-0.39, 0.29) is 17.9 Å². The van der Waals surface area contributed by atoms with Crippen LogP contribution in [0.3, 0.4) is 0 Å². The highest BCUT2D eigenvalue weighted by Gasteiger charge is 2.61. The number of anilines is 1. The van der Waals surface area contributed by atoms with E-state index in [0.29, 0.717) is 11.4 Å². The molecule has 4 nitrogen and oxygen atoms in total. The van der Waals surface area contributed by atoms with Gasteiger partial charge in [0, 0.05) is 35.3 Å². The number of amides is 1. The van der Waals surface area contributed by atoms with Crippen LogP contribution in [0, 0.1) is 10.6 Å². The zero-order valence-corrected chi connectivity index (χ0v) is 14.3. The molecule has 0 saturated carbocycles. The average Bonchev–Trinajstić information content (AvgIpc) is 2.87. The van der Waals surface area contributed by atoms with Gasteiger partial charge in [-0.25, -0.2) is 4.74 Å². The van der Waals surface area contributed by atoms with Crippen molar-refractivity contribution in [3.63, 3.8) is 0 Å². The Hall–Kier alpha value is -1.81. The minimum Gasteiger partial charge on any atom is -0.624 e.